The van der Waals surface area contributed by atoms with Crippen molar-refractivity contribution in [2.75, 3.05) is 13.1 Å². The summed E-state index contributed by atoms with van der Waals surface area (Å²) in [6.07, 6.45) is 0.946. The van der Waals surface area contributed by atoms with Crippen molar-refractivity contribution in [1.82, 2.24) is 10.3 Å². The van der Waals surface area contributed by atoms with Crippen LogP contribution in [-0.2, 0) is 0 Å². The van der Waals surface area contributed by atoms with Gasteiger partial charge in [-0.15, -0.1) is 0 Å². The van der Waals surface area contributed by atoms with E-state index in [4.69, 9.17) is 17.3 Å². The van der Waals surface area contributed by atoms with E-state index in [1.54, 1.807) is 0 Å². The zero-order valence-corrected chi connectivity index (χ0v) is 8.01. The summed E-state index contributed by atoms with van der Waals surface area (Å²) in [5.41, 5.74) is 5.20. The molecule has 6 heteroatoms. The Bertz CT molecular complexity index is 345. The number of nitrogens with one attached hydrogen (secondary N) is 1. The number of halogens is 2. The van der Waals surface area contributed by atoms with E-state index in [-0.39, 0.29) is 10.7 Å². The zero-order valence-electron chi connectivity index (χ0n) is 7.26. The number of carbonyl (C=O) groups excluding carboxylic acids is 1. The standard InChI is InChI=1S/C8H9ClFN3O/c9-7-6(3-5(10)4-13-7)8(14)12-2-1-11/h3-4H,1-2,11H2,(H,12,14). The highest BCUT2D eigenvalue weighted by Gasteiger charge is 2.11. The normalized spacial score (nSPS) is 9.93. The molecule has 0 aliphatic heterocycles. The van der Waals surface area contributed by atoms with Crippen molar-refractivity contribution >= 4 is 17.5 Å². The van der Waals surface area contributed by atoms with Crippen molar-refractivity contribution in [1.29, 1.82) is 0 Å². The van der Waals surface area contributed by atoms with Crippen LogP contribution in [0.1, 0.15) is 10.4 Å². The third kappa shape index (κ3) is 2.65. The number of pyridine rings is 1. The fourth-order valence-corrected chi connectivity index (χ4v) is 1.05. The first-order valence-corrected chi connectivity index (χ1v) is 4.32. The van der Waals surface area contributed by atoms with Gasteiger partial charge < -0.3 is 11.1 Å². The van der Waals surface area contributed by atoms with Crippen LogP contribution in [0.4, 0.5) is 4.39 Å². The largest absolute Gasteiger partial charge is 0.351 e. The van der Waals surface area contributed by atoms with Crippen LogP contribution < -0.4 is 11.1 Å². The highest BCUT2D eigenvalue weighted by Crippen LogP contribution is 2.13. The number of nitrogens with two attached hydrogens (primary N) is 1. The number of carbonyl (C=O) groups is 1. The maximum atomic E-state index is 12.7. The van der Waals surface area contributed by atoms with Crippen LogP contribution in [-0.4, -0.2) is 24.0 Å². The highest BCUT2D eigenvalue weighted by atomic mass is 35.5. The van der Waals surface area contributed by atoms with Gasteiger partial charge >= 0.3 is 0 Å². The molecule has 0 radical (unpaired) electrons. The Kier molecular flexibility index (Phi) is 3.79. The summed E-state index contributed by atoms with van der Waals surface area (Å²) in [5, 5.41) is 2.43. The van der Waals surface area contributed by atoms with Crippen LogP contribution in [0.3, 0.4) is 0 Å². The summed E-state index contributed by atoms with van der Waals surface area (Å²) in [7, 11) is 0. The van der Waals surface area contributed by atoms with Crippen molar-refractivity contribution in [3.05, 3.63) is 28.8 Å². The highest BCUT2D eigenvalue weighted by molar-refractivity contribution is 6.32. The number of hydrogen-bond donors (Lipinski definition) is 2. The molecule has 0 aliphatic carbocycles. The maximum absolute atomic E-state index is 12.7. The van der Waals surface area contributed by atoms with Gasteiger partial charge in [-0.05, 0) is 6.07 Å². The average molecular weight is 218 g/mol. The smallest absolute Gasteiger partial charge is 0.254 e. The van der Waals surface area contributed by atoms with Gasteiger partial charge in [-0.25, -0.2) is 9.37 Å². The lowest BCUT2D eigenvalue weighted by molar-refractivity contribution is 0.0954. The SMILES string of the molecule is NCCNC(=O)c1cc(F)cnc1Cl. The second kappa shape index (κ2) is 4.88. The third-order valence-electron chi connectivity index (χ3n) is 1.48. The first kappa shape index (κ1) is 10.9. The Hall–Kier alpha value is -1.20. The Labute approximate surface area is 85.3 Å². The minimum absolute atomic E-state index is 0.0140. The van der Waals surface area contributed by atoms with E-state index in [0.29, 0.717) is 13.1 Å². The van der Waals surface area contributed by atoms with Crippen molar-refractivity contribution < 1.29 is 9.18 Å². The van der Waals surface area contributed by atoms with Gasteiger partial charge in [0.15, 0.2) is 0 Å². The van der Waals surface area contributed by atoms with Gasteiger partial charge in [0.05, 0.1) is 11.8 Å². The quantitative estimate of drug-likeness (QED) is 0.727. The van der Waals surface area contributed by atoms with Crippen molar-refractivity contribution in [2.24, 2.45) is 5.73 Å². The molecule has 1 aromatic heterocycles. The molecule has 0 spiro atoms. The van der Waals surface area contributed by atoms with Crippen molar-refractivity contribution in [2.45, 2.75) is 0 Å². The molecule has 0 unspecified atom stereocenters. The fraction of sp³-hybridized carbons (Fsp3) is 0.250. The van der Waals surface area contributed by atoms with E-state index >= 15 is 0 Å². The van der Waals surface area contributed by atoms with Crippen LogP contribution in [0, 0.1) is 5.82 Å². The first-order chi connectivity index (χ1) is 6.65. The van der Waals surface area contributed by atoms with E-state index in [0.717, 1.165) is 12.3 Å². The fourth-order valence-electron chi connectivity index (χ4n) is 0.863. The topological polar surface area (TPSA) is 68.0 Å². The second-order valence-electron chi connectivity index (χ2n) is 2.54. The van der Waals surface area contributed by atoms with Crippen LogP contribution in [0.15, 0.2) is 12.3 Å². The predicted octanol–water partition coefficient (Wildman–Crippen LogP) is 0.563. The molecular weight excluding hydrogens is 209 g/mol. The van der Waals surface area contributed by atoms with Gasteiger partial charge in [-0.1, -0.05) is 11.6 Å². The molecule has 0 fully saturated rings. The summed E-state index contributed by atoms with van der Waals surface area (Å²) in [5.74, 6) is -1.08. The zero-order chi connectivity index (χ0) is 10.6. The number of amides is 1. The lowest BCUT2D eigenvalue weighted by atomic mass is 10.2. The van der Waals surface area contributed by atoms with E-state index < -0.39 is 11.7 Å². The van der Waals surface area contributed by atoms with Gasteiger partial charge in [0.25, 0.3) is 5.91 Å². The van der Waals surface area contributed by atoms with Crippen molar-refractivity contribution in [3.63, 3.8) is 0 Å². The number of aromatic nitrogens is 1. The van der Waals surface area contributed by atoms with Gasteiger partial charge in [-0.2, -0.15) is 0 Å². The summed E-state index contributed by atoms with van der Waals surface area (Å²) >= 11 is 5.60. The molecule has 1 heterocycles. The molecule has 4 nitrogen and oxygen atoms in total. The number of rotatable bonds is 3. The molecule has 1 rings (SSSR count). The molecule has 0 bridgehead atoms. The monoisotopic (exact) mass is 217 g/mol. The number of nitrogens with zero attached hydrogens (tertiary/aromatic N) is 1. The molecule has 0 atom stereocenters. The summed E-state index contributed by atoms with van der Waals surface area (Å²) < 4.78 is 12.7. The predicted molar refractivity (Wildman–Crippen MR) is 50.6 cm³/mol. The lowest BCUT2D eigenvalue weighted by Gasteiger charge is -2.04. The molecule has 0 aromatic carbocycles. The first-order valence-electron chi connectivity index (χ1n) is 3.94. The van der Waals surface area contributed by atoms with Crippen LogP contribution >= 0.6 is 11.6 Å². The lowest BCUT2D eigenvalue weighted by Crippen LogP contribution is -2.29. The molecule has 0 saturated heterocycles. The Morgan fingerprint density at radius 2 is 2.43 bits per heavy atom. The summed E-state index contributed by atoms with van der Waals surface area (Å²) in [4.78, 5) is 14.8. The van der Waals surface area contributed by atoms with Crippen LogP contribution in [0.2, 0.25) is 5.15 Å². The Balaban J connectivity index is 2.83. The van der Waals surface area contributed by atoms with E-state index in [9.17, 15) is 9.18 Å². The second-order valence-corrected chi connectivity index (χ2v) is 2.89. The summed E-state index contributed by atoms with van der Waals surface area (Å²) in [6, 6.07) is 1.03. The minimum atomic E-state index is -0.604. The third-order valence-corrected chi connectivity index (χ3v) is 1.78. The molecule has 76 valence electrons. The van der Waals surface area contributed by atoms with Gasteiger partial charge in [0.1, 0.15) is 11.0 Å². The van der Waals surface area contributed by atoms with Gasteiger partial charge in [0.2, 0.25) is 0 Å². The Morgan fingerprint density at radius 1 is 1.71 bits per heavy atom. The van der Waals surface area contributed by atoms with E-state index in [1.807, 2.05) is 0 Å². The average Bonchev–Trinajstić information content (AvgIpc) is 2.18. The Morgan fingerprint density at radius 3 is 3.07 bits per heavy atom. The molecular formula is C8H9ClFN3O. The van der Waals surface area contributed by atoms with E-state index in [2.05, 4.69) is 10.3 Å². The molecule has 3 N–H and O–H groups in total. The van der Waals surface area contributed by atoms with E-state index in [1.165, 1.54) is 0 Å². The minimum Gasteiger partial charge on any atom is -0.351 e. The molecule has 1 aromatic rings. The molecule has 1 amide bonds. The van der Waals surface area contributed by atoms with Crippen molar-refractivity contribution in [3.8, 4) is 0 Å². The van der Waals surface area contributed by atoms with Crippen LogP contribution in [0.25, 0.3) is 0 Å². The molecule has 14 heavy (non-hydrogen) atoms. The van der Waals surface area contributed by atoms with Crippen LogP contribution in [0.5, 0.6) is 0 Å². The van der Waals surface area contributed by atoms with Gasteiger partial charge in [0, 0.05) is 13.1 Å². The van der Waals surface area contributed by atoms with Gasteiger partial charge in [-0.3, -0.25) is 4.79 Å². The summed E-state index contributed by atoms with van der Waals surface area (Å²) in [6.45, 7) is 0.623. The molecule has 0 saturated carbocycles. The molecule has 0 aliphatic rings. The number of hydrogen-bond acceptors (Lipinski definition) is 3. The maximum Gasteiger partial charge on any atom is 0.254 e.